The normalized spacial score (nSPS) is 13.2. The van der Waals surface area contributed by atoms with E-state index < -0.39 is 0 Å². The third-order valence-electron chi connectivity index (χ3n) is 4.62. The molecule has 0 bridgehead atoms. The van der Waals surface area contributed by atoms with Gasteiger partial charge in [-0.25, -0.2) is 4.68 Å². The van der Waals surface area contributed by atoms with Gasteiger partial charge in [0.05, 0.1) is 5.69 Å². The Bertz CT molecular complexity index is 992. The summed E-state index contributed by atoms with van der Waals surface area (Å²) in [7, 11) is 0. The summed E-state index contributed by atoms with van der Waals surface area (Å²) in [5.74, 6) is 0.698. The summed E-state index contributed by atoms with van der Waals surface area (Å²) in [5, 5.41) is 11.0. The maximum atomic E-state index is 12.6. The number of hydrogen-bond acceptors (Lipinski definition) is 5. The van der Waals surface area contributed by atoms with Crippen molar-refractivity contribution < 1.29 is 14.1 Å². The summed E-state index contributed by atoms with van der Waals surface area (Å²) in [5.41, 5.74) is 2.43. The third-order valence-corrected chi connectivity index (χ3v) is 4.62. The van der Waals surface area contributed by atoms with Crippen LogP contribution in [0, 0.1) is 6.92 Å². The molecule has 28 heavy (non-hydrogen) atoms. The van der Waals surface area contributed by atoms with Gasteiger partial charge in [-0.05, 0) is 13.3 Å². The minimum Gasteiger partial charge on any atom is -0.338 e. The highest BCUT2D eigenvalue weighted by molar-refractivity contribution is 5.97. The van der Waals surface area contributed by atoms with E-state index in [1.807, 2.05) is 48.0 Å². The zero-order valence-corrected chi connectivity index (χ0v) is 15.6. The molecule has 8 nitrogen and oxygen atoms in total. The summed E-state index contributed by atoms with van der Waals surface area (Å²) in [6.45, 7) is 3.36. The van der Waals surface area contributed by atoms with Gasteiger partial charge in [-0.2, -0.15) is 5.10 Å². The minimum atomic E-state index is -0.286. The number of rotatable bonds is 5. The summed E-state index contributed by atoms with van der Waals surface area (Å²) in [6, 6.07) is 13.1. The Morgan fingerprint density at radius 2 is 1.96 bits per heavy atom. The van der Waals surface area contributed by atoms with Gasteiger partial charge in [-0.15, -0.1) is 0 Å². The van der Waals surface area contributed by atoms with E-state index in [0.717, 1.165) is 30.0 Å². The van der Waals surface area contributed by atoms with Crippen LogP contribution in [-0.2, 0) is 16.1 Å². The number of amides is 2. The van der Waals surface area contributed by atoms with Gasteiger partial charge >= 0.3 is 0 Å². The van der Waals surface area contributed by atoms with E-state index in [9.17, 15) is 9.59 Å². The van der Waals surface area contributed by atoms with Crippen LogP contribution >= 0.6 is 0 Å². The predicted octanol–water partition coefficient (Wildman–Crippen LogP) is 3.00. The maximum absolute atomic E-state index is 12.6. The van der Waals surface area contributed by atoms with Crippen molar-refractivity contribution >= 4 is 23.5 Å². The van der Waals surface area contributed by atoms with Crippen molar-refractivity contribution in [3.05, 3.63) is 48.2 Å². The van der Waals surface area contributed by atoms with Crippen LogP contribution in [0.25, 0.3) is 11.3 Å². The number of carbonyl (C=O) groups excluding carboxylic acids is 2. The van der Waals surface area contributed by atoms with Crippen LogP contribution in [0.1, 0.15) is 25.0 Å². The monoisotopic (exact) mass is 379 g/mol. The predicted molar refractivity (Wildman–Crippen MR) is 104 cm³/mol. The molecule has 2 amide bonds. The van der Waals surface area contributed by atoms with E-state index in [2.05, 4.69) is 15.6 Å². The third kappa shape index (κ3) is 3.80. The van der Waals surface area contributed by atoms with Crippen molar-refractivity contribution in [3.8, 4) is 11.3 Å². The second-order valence-electron chi connectivity index (χ2n) is 6.76. The molecule has 0 saturated heterocycles. The lowest BCUT2D eigenvalue weighted by Gasteiger charge is -2.27. The Morgan fingerprint density at radius 1 is 1.14 bits per heavy atom. The molecule has 144 valence electrons. The molecule has 0 saturated carbocycles. The highest BCUT2D eigenvalue weighted by Crippen LogP contribution is 2.23. The molecule has 8 heteroatoms. The number of benzene rings is 1. The number of aryl methyl sites for hydroxylation is 2. The van der Waals surface area contributed by atoms with Gasteiger partial charge in [-0.1, -0.05) is 35.5 Å². The van der Waals surface area contributed by atoms with Crippen LogP contribution in [0.3, 0.4) is 0 Å². The molecule has 1 N–H and O–H groups in total. The molecule has 3 heterocycles. The fourth-order valence-electron chi connectivity index (χ4n) is 3.29. The van der Waals surface area contributed by atoms with Crippen molar-refractivity contribution in [3.63, 3.8) is 0 Å². The van der Waals surface area contributed by atoms with Crippen LogP contribution in [0.2, 0.25) is 0 Å². The molecular formula is C20H21N5O3. The van der Waals surface area contributed by atoms with E-state index in [4.69, 9.17) is 4.52 Å². The smallest absolute Gasteiger partial charge is 0.231 e. The van der Waals surface area contributed by atoms with Gasteiger partial charge in [0.25, 0.3) is 0 Å². The topological polar surface area (TPSA) is 93.3 Å². The molecule has 2 aromatic heterocycles. The van der Waals surface area contributed by atoms with E-state index in [1.54, 1.807) is 11.0 Å². The average Bonchev–Trinajstić information content (AvgIpc) is 3.32. The first-order valence-corrected chi connectivity index (χ1v) is 9.27. The van der Waals surface area contributed by atoms with E-state index >= 15 is 0 Å². The van der Waals surface area contributed by atoms with Crippen LogP contribution in [-0.4, -0.2) is 33.3 Å². The van der Waals surface area contributed by atoms with Gasteiger partial charge in [-0.3, -0.25) is 19.8 Å². The molecular weight excluding hydrogens is 358 g/mol. The average molecular weight is 379 g/mol. The first-order valence-electron chi connectivity index (χ1n) is 9.27. The fourth-order valence-corrected chi connectivity index (χ4v) is 3.29. The van der Waals surface area contributed by atoms with E-state index in [-0.39, 0.29) is 30.5 Å². The van der Waals surface area contributed by atoms with E-state index in [0.29, 0.717) is 12.2 Å². The Labute approximate surface area is 162 Å². The highest BCUT2D eigenvalue weighted by Gasteiger charge is 2.24. The lowest BCUT2D eigenvalue weighted by atomic mass is 10.1. The molecule has 4 rings (SSSR count). The Hall–Kier alpha value is -3.42. The van der Waals surface area contributed by atoms with Crippen LogP contribution in [0.5, 0.6) is 0 Å². The van der Waals surface area contributed by atoms with Gasteiger partial charge < -0.3 is 4.52 Å². The number of fused-ring (bicyclic) bond motifs is 1. The largest absolute Gasteiger partial charge is 0.338 e. The Kier molecular flexibility index (Phi) is 4.92. The Morgan fingerprint density at radius 3 is 2.79 bits per heavy atom. The first kappa shape index (κ1) is 18.0. The van der Waals surface area contributed by atoms with Gasteiger partial charge in [0.1, 0.15) is 11.5 Å². The lowest BCUT2D eigenvalue weighted by Crippen LogP contribution is -2.37. The zero-order chi connectivity index (χ0) is 19.5. The van der Waals surface area contributed by atoms with Gasteiger partial charge in [0.15, 0.2) is 0 Å². The summed E-state index contributed by atoms with van der Waals surface area (Å²) >= 11 is 0. The van der Waals surface area contributed by atoms with Crippen LogP contribution in [0.4, 0.5) is 11.7 Å². The Balaban J connectivity index is 1.33. The molecule has 0 unspecified atom stereocenters. The number of anilines is 2. The lowest BCUT2D eigenvalue weighted by molar-refractivity contribution is -0.122. The number of nitrogens with one attached hydrogen (secondary N) is 1. The first-order chi connectivity index (χ1) is 13.6. The molecule has 1 aromatic carbocycles. The number of aromatic nitrogens is 3. The number of carbonyl (C=O) groups is 2. The van der Waals surface area contributed by atoms with Crippen molar-refractivity contribution in [1.82, 2.24) is 14.9 Å². The second kappa shape index (κ2) is 7.67. The van der Waals surface area contributed by atoms with Crippen LogP contribution < -0.4 is 10.2 Å². The van der Waals surface area contributed by atoms with Crippen molar-refractivity contribution in [2.75, 3.05) is 16.8 Å². The van der Waals surface area contributed by atoms with Gasteiger partial charge in [0, 0.05) is 43.6 Å². The molecule has 1 aliphatic heterocycles. The summed E-state index contributed by atoms with van der Waals surface area (Å²) in [6.07, 6.45) is 1.05. The van der Waals surface area contributed by atoms with Crippen molar-refractivity contribution in [1.29, 1.82) is 0 Å². The maximum Gasteiger partial charge on any atom is 0.231 e. The quantitative estimate of drug-likeness (QED) is 0.735. The van der Waals surface area contributed by atoms with Gasteiger partial charge in [0.2, 0.25) is 17.7 Å². The highest BCUT2D eigenvalue weighted by atomic mass is 16.5. The molecule has 3 aromatic rings. The van der Waals surface area contributed by atoms with E-state index in [1.165, 1.54) is 0 Å². The molecule has 1 aliphatic rings. The van der Waals surface area contributed by atoms with Crippen LogP contribution in [0.15, 0.2) is 47.0 Å². The number of hydrogen-bond donors (Lipinski definition) is 1. The van der Waals surface area contributed by atoms with Crippen molar-refractivity contribution in [2.24, 2.45) is 0 Å². The molecule has 0 fully saturated rings. The summed E-state index contributed by atoms with van der Waals surface area (Å²) in [4.78, 5) is 26.5. The fraction of sp³-hybridized carbons (Fsp3) is 0.300. The van der Waals surface area contributed by atoms with Crippen molar-refractivity contribution in [2.45, 2.75) is 32.7 Å². The molecule has 0 aliphatic carbocycles. The molecule has 0 spiro atoms. The number of nitrogens with zero attached hydrogens (tertiary/aromatic N) is 4. The SMILES string of the molecule is Cc1cc2n(n1)CCCN2C(=O)CCC(=O)Nc1cc(-c2ccccc2)no1. The second-order valence-corrected chi connectivity index (χ2v) is 6.76. The molecule has 0 radical (unpaired) electrons. The molecule has 0 atom stereocenters. The standard InChI is InChI=1S/C20H21N5O3/c1-14-12-19-24(10-5-11-25(19)22-14)20(27)9-8-17(26)21-18-13-16(23-28-18)15-6-3-2-4-7-15/h2-4,6-7,12-13H,5,8-11H2,1H3,(H,21,26). The summed E-state index contributed by atoms with van der Waals surface area (Å²) < 4.78 is 7.02. The minimum absolute atomic E-state index is 0.0732. The zero-order valence-electron chi connectivity index (χ0n) is 15.6.